The van der Waals surface area contributed by atoms with Gasteiger partial charge < -0.3 is 10.5 Å². The molecule has 0 radical (unpaired) electrons. The van der Waals surface area contributed by atoms with Crippen molar-refractivity contribution in [1.82, 2.24) is 4.98 Å². The van der Waals surface area contributed by atoms with Crippen LogP contribution in [0, 0.1) is 0 Å². The van der Waals surface area contributed by atoms with Gasteiger partial charge in [0.15, 0.2) is 0 Å². The summed E-state index contributed by atoms with van der Waals surface area (Å²) in [5.41, 5.74) is 6.18. The molecule has 1 amide bonds. The molecule has 0 aliphatic carbocycles. The minimum absolute atomic E-state index is 0.228. The highest BCUT2D eigenvalue weighted by molar-refractivity contribution is 5.93. The van der Waals surface area contributed by atoms with Gasteiger partial charge in [-0.3, -0.25) is 4.79 Å². The second kappa shape index (κ2) is 6.87. The van der Waals surface area contributed by atoms with Crippen LogP contribution in [0.25, 0.3) is 11.1 Å². The van der Waals surface area contributed by atoms with Crippen molar-refractivity contribution in [3.8, 4) is 22.8 Å². The molecular weight excluding hydrogens is 345 g/mol. The van der Waals surface area contributed by atoms with Crippen LogP contribution < -0.4 is 10.5 Å². The van der Waals surface area contributed by atoms with Crippen LogP contribution in [0.1, 0.15) is 15.9 Å². The Bertz CT molecular complexity index is 921. The third-order valence-electron chi connectivity index (χ3n) is 3.65. The van der Waals surface area contributed by atoms with Crippen molar-refractivity contribution in [3.05, 3.63) is 78.0 Å². The van der Waals surface area contributed by atoms with Crippen molar-refractivity contribution in [3.63, 3.8) is 0 Å². The number of benzene rings is 2. The Balaban J connectivity index is 1.89. The quantitative estimate of drug-likeness (QED) is 0.738. The fourth-order valence-corrected chi connectivity index (χ4v) is 2.33. The highest BCUT2D eigenvalue weighted by Crippen LogP contribution is 2.34. The van der Waals surface area contributed by atoms with Gasteiger partial charge in [0.1, 0.15) is 5.75 Å². The molecule has 7 heteroatoms. The lowest BCUT2D eigenvalue weighted by Crippen LogP contribution is -2.10. The number of amides is 1. The van der Waals surface area contributed by atoms with E-state index in [-0.39, 0.29) is 11.6 Å². The first kappa shape index (κ1) is 17.5. The predicted octanol–water partition coefficient (Wildman–Crippen LogP) is 4.66. The van der Waals surface area contributed by atoms with Crippen LogP contribution in [0.4, 0.5) is 13.2 Å². The number of hydrogen-bond acceptors (Lipinski definition) is 3. The number of rotatable bonds is 4. The number of carbonyl (C=O) groups is 1. The second-order valence-corrected chi connectivity index (χ2v) is 5.42. The predicted molar refractivity (Wildman–Crippen MR) is 89.7 cm³/mol. The zero-order chi connectivity index (χ0) is 18.7. The first-order valence-corrected chi connectivity index (χ1v) is 7.55. The van der Waals surface area contributed by atoms with E-state index in [1.165, 1.54) is 18.3 Å². The molecule has 1 heterocycles. The van der Waals surface area contributed by atoms with Crippen LogP contribution in [0.5, 0.6) is 11.6 Å². The van der Waals surface area contributed by atoms with Crippen LogP contribution in [-0.4, -0.2) is 10.9 Å². The summed E-state index contributed by atoms with van der Waals surface area (Å²) in [5, 5.41) is 0. The Kier molecular flexibility index (Phi) is 4.62. The van der Waals surface area contributed by atoms with E-state index in [2.05, 4.69) is 4.98 Å². The van der Waals surface area contributed by atoms with Crippen molar-refractivity contribution in [2.75, 3.05) is 0 Å². The molecular formula is C19H13F3N2O2. The standard InChI is InChI=1S/C19H13F3N2O2/c20-19(21,22)14-7-9-15(10-8-14)26-18-16(2-1-11-24-18)12-3-5-13(6-4-12)17(23)25/h1-11H,(H2,23,25). The molecule has 4 nitrogen and oxygen atoms in total. The summed E-state index contributed by atoms with van der Waals surface area (Å²) in [7, 11) is 0. The molecule has 0 atom stereocenters. The Labute approximate surface area is 147 Å². The second-order valence-electron chi connectivity index (χ2n) is 5.42. The lowest BCUT2D eigenvalue weighted by Gasteiger charge is -2.11. The third kappa shape index (κ3) is 3.83. The van der Waals surface area contributed by atoms with Crippen molar-refractivity contribution in [1.29, 1.82) is 0 Å². The molecule has 3 rings (SSSR count). The van der Waals surface area contributed by atoms with Crippen molar-refractivity contribution in [2.45, 2.75) is 6.18 Å². The van der Waals surface area contributed by atoms with E-state index in [0.29, 0.717) is 11.1 Å². The van der Waals surface area contributed by atoms with E-state index in [1.807, 2.05) is 0 Å². The maximum Gasteiger partial charge on any atom is 0.416 e. The Morgan fingerprint density at radius 3 is 2.19 bits per heavy atom. The molecule has 2 N–H and O–H groups in total. The largest absolute Gasteiger partial charge is 0.438 e. The molecule has 0 bridgehead atoms. The van der Waals surface area contributed by atoms with Gasteiger partial charge >= 0.3 is 6.18 Å². The lowest BCUT2D eigenvalue weighted by molar-refractivity contribution is -0.137. The first-order chi connectivity index (χ1) is 12.3. The van der Waals surface area contributed by atoms with E-state index in [4.69, 9.17) is 10.5 Å². The summed E-state index contributed by atoms with van der Waals surface area (Å²) in [6.07, 6.45) is -2.89. The number of halogens is 3. The topological polar surface area (TPSA) is 65.2 Å². The van der Waals surface area contributed by atoms with E-state index in [0.717, 1.165) is 17.7 Å². The average molecular weight is 358 g/mol. The van der Waals surface area contributed by atoms with Gasteiger partial charge in [0.25, 0.3) is 0 Å². The molecule has 0 spiro atoms. The van der Waals surface area contributed by atoms with E-state index < -0.39 is 17.6 Å². The number of nitrogens with two attached hydrogens (primary N) is 1. The van der Waals surface area contributed by atoms with Gasteiger partial charge in [-0.1, -0.05) is 12.1 Å². The summed E-state index contributed by atoms with van der Waals surface area (Å²) in [4.78, 5) is 15.3. The number of nitrogens with zero attached hydrogens (tertiary/aromatic N) is 1. The number of pyridine rings is 1. The van der Waals surface area contributed by atoms with Crippen molar-refractivity contribution >= 4 is 5.91 Å². The van der Waals surface area contributed by atoms with Gasteiger partial charge in [0, 0.05) is 17.3 Å². The zero-order valence-corrected chi connectivity index (χ0v) is 13.3. The van der Waals surface area contributed by atoms with Gasteiger partial charge in [-0.05, 0) is 54.1 Å². The summed E-state index contributed by atoms with van der Waals surface area (Å²) in [6.45, 7) is 0. The first-order valence-electron chi connectivity index (χ1n) is 7.55. The molecule has 0 aliphatic heterocycles. The summed E-state index contributed by atoms with van der Waals surface area (Å²) in [5.74, 6) is -0.0743. The number of hydrogen-bond donors (Lipinski definition) is 1. The molecule has 0 aliphatic rings. The molecule has 2 aromatic carbocycles. The monoisotopic (exact) mass is 358 g/mol. The molecule has 26 heavy (non-hydrogen) atoms. The van der Waals surface area contributed by atoms with Gasteiger partial charge in [-0.15, -0.1) is 0 Å². The van der Waals surface area contributed by atoms with E-state index >= 15 is 0 Å². The van der Waals surface area contributed by atoms with Crippen LogP contribution in [-0.2, 0) is 6.18 Å². The van der Waals surface area contributed by atoms with Gasteiger partial charge in [0.05, 0.1) is 5.56 Å². The maximum absolute atomic E-state index is 12.6. The van der Waals surface area contributed by atoms with Crippen LogP contribution in [0.3, 0.4) is 0 Å². The Morgan fingerprint density at radius 2 is 1.62 bits per heavy atom. The van der Waals surface area contributed by atoms with E-state index in [1.54, 1.807) is 36.4 Å². The fraction of sp³-hybridized carbons (Fsp3) is 0.0526. The third-order valence-corrected chi connectivity index (χ3v) is 3.65. The molecule has 3 aromatic rings. The number of carbonyl (C=O) groups excluding carboxylic acids is 1. The Morgan fingerprint density at radius 1 is 0.962 bits per heavy atom. The fourth-order valence-electron chi connectivity index (χ4n) is 2.33. The van der Waals surface area contributed by atoms with Gasteiger partial charge in [0.2, 0.25) is 11.8 Å². The lowest BCUT2D eigenvalue weighted by atomic mass is 10.0. The number of alkyl halides is 3. The molecule has 0 unspecified atom stereocenters. The van der Waals surface area contributed by atoms with Crippen molar-refractivity contribution < 1.29 is 22.7 Å². The average Bonchev–Trinajstić information content (AvgIpc) is 2.62. The molecule has 0 fully saturated rings. The smallest absolute Gasteiger partial charge is 0.416 e. The summed E-state index contributed by atoms with van der Waals surface area (Å²) < 4.78 is 43.5. The molecule has 0 saturated carbocycles. The maximum atomic E-state index is 12.6. The SMILES string of the molecule is NC(=O)c1ccc(-c2cccnc2Oc2ccc(C(F)(F)F)cc2)cc1. The van der Waals surface area contributed by atoms with Crippen LogP contribution in [0.15, 0.2) is 66.9 Å². The zero-order valence-electron chi connectivity index (χ0n) is 13.3. The highest BCUT2D eigenvalue weighted by atomic mass is 19.4. The van der Waals surface area contributed by atoms with Crippen LogP contribution in [0.2, 0.25) is 0 Å². The normalized spacial score (nSPS) is 11.2. The molecule has 0 saturated heterocycles. The minimum atomic E-state index is -4.41. The minimum Gasteiger partial charge on any atom is -0.438 e. The molecule has 1 aromatic heterocycles. The van der Waals surface area contributed by atoms with Crippen LogP contribution >= 0.6 is 0 Å². The number of aromatic nitrogens is 1. The Hall–Kier alpha value is -3.35. The van der Waals surface area contributed by atoms with Gasteiger partial charge in [-0.25, -0.2) is 4.98 Å². The summed E-state index contributed by atoms with van der Waals surface area (Å²) in [6, 6.07) is 14.4. The summed E-state index contributed by atoms with van der Waals surface area (Å²) >= 11 is 0. The van der Waals surface area contributed by atoms with E-state index in [9.17, 15) is 18.0 Å². The van der Waals surface area contributed by atoms with Crippen molar-refractivity contribution in [2.24, 2.45) is 5.73 Å². The number of primary amides is 1. The highest BCUT2D eigenvalue weighted by Gasteiger charge is 2.30. The number of ether oxygens (including phenoxy) is 1. The molecule has 132 valence electrons. The van der Waals surface area contributed by atoms with Gasteiger partial charge in [-0.2, -0.15) is 13.2 Å².